The van der Waals surface area contributed by atoms with Gasteiger partial charge in [0.15, 0.2) is 0 Å². The fourth-order valence-electron chi connectivity index (χ4n) is 1.16. The molecule has 0 aliphatic carbocycles. The van der Waals surface area contributed by atoms with E-state index >= 15 is 0 Å². The molecule has 0 aromatic heterocycles. The van der Waals surface area contributed by atoms with Gasteiger partial charge in [0.1, 0.15) is 13.2 Å². The molecule has 0 fully saturated rings. The van der Waals surface area contributed by atoms with Crippen molar-refractivity contribution in [1.29, 1.82) is 0 Å². The number of carbonyl (C=O) groups is 2. The van der Waals surface area contributed by atoms with E-state index in [1.807, 2.05) is 26.0 Å². The molecule has 0 rings (SSSR count). The Balaban J connectivity index is 3.43. The van der Waals surface area contributed by atoms with Crippen molar-refractivity contribution in [3.63, 3.8) is 0 Å². The monoisotopic (exact) mass is 254 g/mol. The summed E-state index contributed by atoms with van der Waals surface area (Å²) in [4.78, 5) is 22.4. The SMILES string of the molecule is CC=CCOC(=O)CCCCC(=O)OCC=CC. The molecule has 0 heterocycles. The second-order valence-corrected chi connectivity index (χ2v) is 3.71. The maximum Gasteiger partial charge on any atom is 0.306 e. The van der Waals surface area contributed by atoms with E-state index < -0.39 is 0 Å². The maximum atomic E-state index is 11.2. The van der Waals surface area contributed by atoms with Gasteiger partial charge in [-0.2, -0.15) is 0 Å². The van der Waals surface area contributed by atoms with Crippen LogP contribution in [0.2, 0.25) is 0 Å². The molecule has 0 saturated carbocycles. The van der Waals surface area contributed by atoms with Crippen molar-refractivity contribution in [2.24, 2.45) is 0 Å². The Morgan fingerprint density at radius 1 is 0.833 bits per heavy atom. The van der Waals surface area contributed by atoms with E-state index in [2.05, 4.69) is 0 Å². The number of unbranched alkanes of at least 4 members (excludes halogenated alkanes) is 1. The summed E-state index contributed by atoms with van der Waals surface area (Å²) in [6.07, 6.45) is 9.19. The zero-order chi connectivity index (χ0) is 13.6. The zero-order valence-electron chi connectivity index (χ0n) is 11.2. The number of ether oxygens (including phenoxy) is 2. The highest BCUT2D eigenvalue weighted by atomic mass is 16.5. The van der Waals surface area contributed by atoms with Crippen LogP contribution in [0.3, 0.4) is 0 Å². The normalized spacial score (nSPS) is 11.0. The lowest BCUT2D eigenvalue weighted by molar-refractivity contribution is -0.144. The van der Waals surface area contributed by atoms with Crippen molar-refractivity contribution in [2.75, 3.05) is 13.2 Å². The van der Waals surface area contributed by atoms with Crippen molar-refractivity contribution in [1.82, 2.24) is 0 Å². The van der Waals surface area contributed by atoms with Gasteiger partial charge in [0.25, 0.3) is 0 Å². The van der Waals surface area contributed by atoms with Gasteiger partial charge < -0.3 is 9.47 Å². The van der Waals surface area contributed by atoms with Crippen LogP contribution < -0.4 is 0 Å². The van der Waals surface area contributed by atoms with Gasteiger partial charge >= 0.3 is 11.9 Å². The topological polar surface area (TPSA) is 52.6 Å². The summed E-state index contributed by atoms with van der Waals surface area (Å²) in [7, 11) is 0. The highest BCUT2D eigenvalue weighted by molar-refractivity contribution is 5.70. The number of hydrogen-bond acceptors (Lipinski definition) is 4. The molecule has 0 aromatic rings. The van der Waals surface area contributed by atoms with E-state index in [-0.39, 0.29) is 11.9 Å². The van der Waals surface area contributed by atoms with E-state index in [1.165, 1.54) is 0 Å². The third-order valence-corrected chi connectivity index (χ3v) is 2.16. The Labute approximate surface area is 109 Å². The largest absolute Gasteiger partial charge is 0.461 e. The molecule has 0 aliphatic rings. The molecule has 0 unspecified atom stereocenters. The fourth-order valence-corrected chi connectivity index (χ4v) is 1.16. The van der Waals surface area contributed by atoms with Crippen LogP contribution in [0.25, 0.3) is 0 Å². The molecule has 0 atom stereocenters. The first-order valence-electron chi connectivity index (χ1n) is 6.24. The number of rotatable bonds is 9. The third kappa shape index (κ3) is 10.9. The van der Waals surface area contributed by atoms with Gasteiger partial charge in [0.05, 0.1) is 0 Å². The van der Waals surface area contributed by atoms with Crippen LogP contribution >= 0.6 is 0 Å². The Morgan fingerprint density at radius 2 is 1.22 bits per heavy atom. The first-order valence-corrected chi connectivity index (χ1v) is 6.24. The highest BCUT2D eigenvalue weighted by Gasteiger charge is 2.04. The third-order valence-electron chi connectivity index (χ3n) is 2.16. The molecule has 0 spiro atoms. The predicted octanol–water partition coefficient (Wildman–Crippen LogP) is 2.79. The summed E-state index contributed by atoms with van der Waals surface area (Å²) in [5, 5.41) is 0. The summed E-state index contributed by atoms with van der Waals surface area (Å²) in [5.74, 6) is -0.453. The molecule has 0 N–H and O–H groups in total. The minimum Gasteiger partial charge on any atom is -0.461 e. The Kier molecular flexibility index (Phi) is 10.8. The molecule has 0 saturated heterocycles. The molecule has 18 heavy (non-hydrogen) atoms. The first-order chi connectivity index (χ1) is 8.70. The quantitative estimate of drug-likeness (QED) is 0.360. The number of carbonyl (C=O) groups excluding carboxylic acids is 2. The lowest BCUT2D eigenvalue weighted by Gasteiger charge is -2.03. The van der Waals surface area contributed by atoms with Crippen molar-refractivity contribution in [2.45, 2.75) is 39.5 Å². The van der Waals surface area contributed by atoms with Gasteiger partial charge in [0.2, 0.25) is 0 Å². The Bertz CT molecular complexity index is 262. The van der Waals surface area contributed by atoms with Crippen LogP contribution in [-0.4, -0.2) is 25.2 Å². The molecular weight excluding hydrogens is 232 g/mol. The summed E-state index contributed by atoms with van der Waals surface area (Å²) in [6, 6.07) is 0. The highest BCUT2D eigenvalue weighted by Crippen LogP contribution is 2.03. The van der Waals surface area contributed by atoms with E-state index in [0.717, 1.165) is 0 Å². The summed E-state index contributed by atoms with van der Waals surface area (Å²) >= 11 is 0. The molecule has 0 aliphatic heterocycles. The maximum absolute atomic E-state index is 11.2. The van der Waals surface area contributed by atoms with Crippen molar-refractivity contribution >= 4 is 11.9 Å². The number of hydrogen-bond donors (Lipinski definition) is 0. The smallest absolute Gasteiger partial charge is 0.306 e. The van der Waals surface area contributed by atoms with Crippen molar-refractivity contribution in [3.05, 3.63) is 24.3 Å². The average molecular weight is 254 g/mol. The summed E-state index contributed by atoms with van der Waals surface area (Å²) < 4.78 is 9.84. The van der Waals surface area contributed by atoms with E-state index in [4.69, 9.17) is 9.47 Å². The van der Waals surface area contributed by atoms with Gasteiger partial charge in [0, 0.05) is 12.8 Å². The van der Waals surface area contributed by atoms with E-state index in [9.17, 15) is 9.59 Å². The van der Waals surface area contributed by atoms with Crippen LogP contribution in [0.1, 0.15) is 39.5 Å². The van der Waals surface area contributed by atoms with E-state index in [0.29, 0.717) is 38.9 Å². The van der Waals surface area contributed by atoms with E-state index in [1.54, 1.807) is 12.2 Å². The van der Waals surface area contributed by atoms with Crippen LogP contribution in [-0.2, 0) is 19.1 Å². The lowest BCUT2D eigenvalue weighted by Crippen LogP contribution is -2.06. The minimum absolute atomic E-state index is 0.226. The first kappa shape index (κ1) is 16.4. The molecule has 0 amide bonds. The summed E-state index contributed by atoms with van der Waals surface area (Å²) in [6.45, 7) is 4.38. The Morgan fingerprint density at radius 3 is 1.56 bits per heavy atom. The second kappa shape index (κ2) is 11.9. The van der Waals surface area contributed by atoms with Crippen LogP contribution in [0.5, 0.6) is 0 Å². The lowest BCUT2D eigenvalue weighted by atomic mass is 10.2. The predicted molar refractivity (Wildman–Crippen MR) is 70.0 cm³/mol. The fraction of sp³-hybridized carbons (Fsp3) is 0.571. The van der Waals surface area contributed by atoms with Gasteiger partial charge in [-0.1, -0.05) is 24.3 Å². The molecule has 0 bridgehead atoms. The van der Waals surface area contributed by atoms with Crippen LogP contribution in [0.15, 0.2) is 24.3 Å². The van der Waals surface area contributed by atoms with Crippen molar-refractivity contribution in [3.8, 4) is 0 Å². The van der Waals surface area contributed by atoms with Gasteiger partial charge in [-0.25, -0.2) is 0 Å². The Hall–Kier alpha value is -1.58. The van der Waals surface area contributed by atoms with Gasteiger partial charge in [-0.3, -0.25) is 9.59 Å². The second-order valence-electron chi connectivity index (χ2n) is 3.71. The zero-order valence-corrected chi connectivity index (χ0v) is 11.2. The molecule has 0 aromatic carbocycles. The van der Waals surface area contributed by atoms with Gasteiger partial charge in [-0.05, 0) is 26.7 Å². The molecule has 4 heteroatoms. The number of esters is 2. The van der Waals surface area contributed by atoms with Crippen LogP contribution in [0.4, 0.5) is 0 Å². The van der Waals surface area contributed by atoms with Gasteiger partial charge in [-0.15, -0.1) is 0 Å². The standard InChI is InChI=1S/C14H22O4/c1-3-5-11-17-13(15)9-7-8-10-14(16)18-12-6-4-2/h3-6H,7-12H2,1-2H3. The summed E-state index contributed by atoms with van der Waals surface area (Å²) in [5.41, 5.74) is 0. The van der Waals surface area contributed by atoms with Crippen LogP contribution in [0, 0.1) is 0 Å². The molecule has 102 valence electrons. The molecule has 4 nitrogen and oxygen atoms in total. The molecular formula is C14H22O4. The molecule has 0 radical (unpaired) electrons. The number of allylic oxidation sites excluding steroid dienone is 2. The van der Waals surface area contributed by atoms with Crippen molar-refractivity contribution < 1.29 is 19.1 Å². The average Bonchev–Trinajstić information content (AvgIpc) is 2.35. The minimum atomic E-state index is -0.226.